The van der Waals surface area contributed by atoms with E-state index in [4.69, 9.17) is 0 Å². The third-order valence-corrected chi connectivity index (χ3v) is 1.05. The van der Waals surface area contributed by atoms with Crippen molar-refractivity contribution in [3.8, 4) is 0 Å². The molecule has 0 spiro atoms. The summed E-state index contributed by atoms with van der Waals surface area (Å²) in [6, 6.07) is 0. The number of allylic oxidation sites excluding steroid dienone is 1. The van der Waals surface area contributed by atoms with Crippen molar-refractivity contribution >= 4 is 6.47 Å². The molecular formula is C8H12O2. The first-order valence-corrected chi connectivity index (χ1v) is 3.21. The minimum atomic E-state index is 0.334. The van der Waals surface area contributed by atoms with Crippen molar-refractivity contribution in [2.45, 2.75) is 13.3 Å². The van der Waals surface area contributed by atoms with Crippen molar-refractivity contribution in [2.24, 2.45) is 0 Å². The molecule has 0 bridgehead atoms. The van der Waals surface area contributed by atoms with E-state index in [1.807, 2.05) is 13.0 Å². The van der Waals surface area contributed by atoms with Gasteiger partial charge >= 0.3 is 0 Å². The van der Waals surface area contributed by atoms with E-state index in [2.05, 4.69) is 11.3 Å². The maximum atomic E-state index is 9.75. The van der Waals surface area contributed by atoms with Crippen LogP contribution in [0, 0.1) is 0 Å². The predicted molar refractivity (Wildman–Crippen MR) is 40.6 cm³/mol. The van der Waals surface area contributed by atoms with Gasteiger partial charge in [0.05, 0.1) is 0 Å². The lowest BCUT2D eigenvalue weighted by molar-refractivity contribution is -0.127. The van der Waals surface area contributed by atoms with Gasteiger partial charge in [0, 0.05) is 0 Å². The number of ether oxygens (including phenoxy) is 1. The van der Waals surface area contributed by atoms with Crippen molar-refractivity contribution in [1.82, 2.24) is 0 Å². The molecule has 0 unspecified atom stereocenters. The summed E-state index contributed by atoms with van der Waals surface area (Å²) in [4.78, 5) is 9.75. The van der Waals surface area contributed by atoms with Gasteiger partial charge in [0.2, 0.25) is 0 Å². The molecule has 0 radical (unpaired) electrons. The van der Waals surface area contributed by atoms with Crippen molar-refractivity contribution in [3.05, 3.63) is 24.3 Å². The Morgan fingerprint density at radius 1 is 1.70 bits per heavy atom. The summed E-state index contributed by atoms with van der Waals surface area (Å²) in [6.07, 6.45) is 4.59. The Morgan fingerprint density at radius 3 is 2.80 bits per heavy atom. The molecule has 0 fully saturated rings. The number of carbonyl (C=O) groups excluding carboxylic acids is 1. The van der Waals surface area contributed by atoms with Gasteiger partial charge in [-0.05, 0) is 12.0 Å². The lowest BCUT2D eigenvalue weighted by atomic mass is 10.2. The number of carbonyl (C=O) groups is 1. The highest BCUT2D eigenvalue weighted by Gasteiger charge is 1.88. The minimum Gasteiger partial charge on any atom is -0.463 e. The molecule has 0 saturated heterocycles. The highest BCUT2D eigenvalue weighted by molar-refractivity contribution is 5.38. The molecule has 0 aromatic carbocycles. The molecule has 0 amide bonds. The molecule has 0 saturated carbocycles. The fourth-order valence-electron chi connectivity index (χ4n) is 0.594. The fourth-order valence-corrected chi connectivity index (χ4v) is 0.594. The molecule has 0 heterocycles. The van der Waals surface area contributed by atoms with Crippen LogP contribution in [-0.4, -0.2) is 13.1 Å². The minimum absolute atomic E-state index is 0.334. The predicted octanol–water partition coefficient (Wildman–Crippen LogP) is 1.68. The number of hydrogen-bond donors (Lipinski definition) is 0. The quantitative estimate of drug-likeness (QED) is 0.429. The van der Waals surface area contributed by atoms with Crippen LogP contribution in [-0.2, 0) is 9.53 Å². The van der Waals surface area contributed by atoms with E-state index >= 15 is 0 Å². The lowest BCUT2D eigenvalue weighted by Crippen LogP contribution is -1.93. The zero-order valence-electron chi connectivity index (χ0n) is 6.17. The summed E-state index contributed by atoms with van der Waals surface area (Å²) < 4.78 is 4.52. The van der Waals surface area contributed by atoms with Gasteiger partial charge in [-0.15, -0.1) is 0 Å². The molecule has 56 valence electrons. The van der Waals surface area contributed by atoms with E-state index < -0.39 is 0 Å². The van der Waals surface area contributed by atoms with Gasteiger partial charge in [0.15, 0.2) is 0 Å². The topological polar surface area (TPSA) is 26.3 Å². The summed E-state index contributed by atoms with van der Waals surface area (Å²) in [7, 11) is 0. The summed E-state index contributed by atoms with van der Waals surface area (Å²) in [5.41, 5.74) is 0.953. The van der Waals surface area contributed by atoms with Gasteiger partial charge in [-0.2, -0.15) is 0 Å². The SMILES string of the molecule is C=C/C(=C\CC)COC=O. The van der Waals surface area contributed by atoms with E-state index in [0.29, 0.717) is 13.1 Å². The first kappa shape index (κ1) is 8.95. The number of rotatable bonds is 5. The second-order valence-electron chi connectivity index (χ2n) is 1.80. The zero-order valence-corrected chi connectivity index (χ0v) is 6.17. The van der Waals surface area contributed by atoms with Crippen molar-refractivity contribution in [1.29, 1.82) is 0 Å². The van der Waals surface area contributed by atoms with Crippen molar-refractivity contribution in [3.63, 3.8) is 0 Å². The molecule has 2 nitrogen and oxygen atoms in total. The molecule has 0 atom stereocenters. The Bertz CT molecular complexity index is 136. The molecule has 0 aromatic rings. The molecule has 10 heavy (non-hydrogen) atoms. The summed E-state index contributed by atoms with van der Waals surface area (Å²) >= 11 is 0. The highest BCUT2D eigenvalue weighted by Crippen LogP contribution is 1.97. The average molecular weight is 140 g/mol. The van der Waals surface area contributed by atoms with Gasteiger partial charge in [0.25, 0.3) is 6.47 Å². The highest BCUT2D eigenvalue weighted by atomic mass is 16.5. The molecule has 0 aliphatic rings. The third-order valence-electron chi connectivity index (χ3n) is 1.05. The standard InChI is InChI=1S/C8H12O2/c1-3-5-8(4-2)6-10-7-9/h4-5,7H,2-3,6H2,1H3/b8-5+. The fraction of sp³-hybridized carbons (Fsp3) is 0.375. The molecular weight excluding hydrogens is 128 g/mol. The van der Waals surface area contributed by atoms with Crippen molar-refractivity contribution in [2.75, 3.05) is 6.61 Å². The van der Waals surface area contributed by atoms with Gasteiger partial charge in [-0.1, -0.05) is 25.7 Å². The summed E-state index contributed by atoms with van der Waals surface area (Å²) in [5, 5.41) is 0. The molecule has 0 rings (SSSR count). The molecule has 0 N–H and O–H groups in total. The largest absolute Gasteiger partial charge is 0.463 e. The monoisotopic (exact) mass is 140 g/mol. The second kappa shape index (κ2) is 6.08. The van der Waals surface area contributed by atoms with E-state index in [9.17, 15) is 4.79 Å². The van der Waals surface area contributed by atoms with Gasteiger partial charge in [0.1, 0.15) is 6.61 Å². The van der Waals surface area contributed by atoms with Crippen LogP contribution in [0.25, 0.3) is 0 Å². The summed E-state index contributed by atoms with van der Waals surface area (Å²) in [5.74, 6) is 0. The molecule has 0 aromatic heterocycles. The van der Waals surface area contributed by atoms with E-state index in [1.54, 1.807) is 6.08 Å². The smallest absolute Gasteiger partial charge is 0.293 e. The van der Waals surface area contributed by atoms with Crippen LogP contribution in [0.2, 0.25) is 0 Å². The zero-order chi connectivity index (χ0) is 7.82. The lowest BCUT2D eigenvalue weighted by Gasteiger charge is -1.97. The molecule has 0 aliphatic heterocycles. The van der Waals surface area contributed by atoms with E-state index in [0.717, 1.165) is 12.0 Å². The molecule has 0 aliphatic carbocycles. The third kappa shape index (κ3) is 3.89. The van der Waals surface area contributed by atoms with Crippen LogP contribution >= 0.6 is 0 Å². The van der Waals surface area contributed by atoms with Crippen LogP contribution in [0.15, 0.2) is 24.3 Å². The van der Waals surface area contributed by atoms with E-state index in [-0.39, 0.29) is 0 Å². The van der Waals surface area contributed by atoms with Crippen LogP contribution in [0.1, 0.15) is 13.3 Å². The maximum absolute atomic E-state index is 9.75. The normalized spacial score (nSPS) is 10.7. The Balaban J connectivity index is 3.70. The first-order valence-electron chi connectivity index (χ1n) is 3.21. The van der Waals surface area contributed by atoms with Gasteiger partial charge in [-0.25, -0.2) is 0 Å². The van der Waals surface area contributed by atoms with Gasteiger partial charge < -0.3 is 4.74 Å². The van der Waals surface area contributed by atoms with Crippen LogP contribution in [0.3, 0.4) is 0 Å². The number of hydrogen-bond acceptors (Lipinski definition) is 2. The van der Waals surface area contributed by atoms with Crippen LogP contribution in [0.4, 0.5) is 0 Å². The average Bonchev–Trinajstić information content (AvgIpc) is 1.98. The van der Waals surface area contributed by atoms with Crippen LogP contribution < -0.4 is 0 Å². The maximum Gasteiger partial charge on any atom is 0.293 e. The van der Waals surface area contributed by atoms with Crippen LogP contribution in [0.5, 0.6) is 0 Å². The second-order valence-corrected chi connectivity index (χ2v) is 1.80. The Labute approximate surface area is 61.2 Å². The Morgan fingerprint density at radius 2 is 2.40 bits per heavy atom. The van der Waals surface area contributed by atoms with E-state index in [1.165, 1.54) is 0 Å². The Hall–Kier alpha value is -1.05. The Kier molecular flexibility index (Phi) is 5.44. The molecule has 2 heteroatoms. The van der Waals surface area contributed by atoms with Gasteiger partial charge in [-0.3, -0.25) is 4.79 Å². The summed E-state index contributed by atoms with van der Waals surface area (Å²) in [6.45, 7) is 6.36. The van der Waals surface area contributed by atoms with Crippen molar-refractivity contribution < 1.29 is 9.53 Å². The first-order chi connectivity index (χ1) is 4.85.